The van der Waals surface area contributed by atoms with E-state index in [1.165, 1.54) is 5.41 Å². The molecule has 2 aliphatic heterocycles. The molecule has 1 aromatic carbocycles. The molecule has 1 aromatic rings. The van der Waals surface area contributed by atoms with Crippen LogP contribution in [0.4, 0.5) is 8.78 Å². The van der Waals surface area contributed by atoms with Gasteiger partial charge in [0.1, 0.15) is 6.04 Å². The Bertz CT molecular complexity index is 1040. The Kier molecular flexibility index (Phi) is 4.67. The molecule has 6 nitrogen and oxygen atoms in total. The first-order valence-electron chi connectivity index (χ1n) is 9.33. The zero-order chi connectivity index (χ0) is 21.1. The summed E-state index contributed by atoms with van der Waals surface area (Å²) in [6.07, 6.45) is 2.26. The second-order valence-electron chi connectivity index (χ2n) is 7.95. The van der Waals surface area contributed by atoms with Gasteiger partial charge in [-0.3, -0.25) is 9.69 Å². The number of nitrogens with zero attached hydrogens (tertiary/aromatic N) is 1. The molecule has 0 bridgehead atoms. The molecule has 0 saturated carbocycles. The number of rotatable bonds is 4. The number of hydrogen-bond acceptors (Lipinski definition) is 5. The molecule has 2 heterocycles. The summed E-state index contributed by atoms with van der Waals surface area (Å²) in [6, 6.07) is 3.32. The predicted octanol–water partition coefficient (Wildman–Crippen LogP) is 1.66. The molecule has 1 aliphatic carbocycles. The van der Waals surface area contributed by atoms with Crippen LogP contribution in [0.3, 0.4) is 0 Å². The molecule has 3 unspecified atom stereocenters. The number of sulfone groups is 1. The van der Waals surface area contributed by atoms with E-state index in [4.69, 9.17) is 0 Å². The van der Waals surface area contributed by atoms with Gasteiger partial charge in [-0.1, -0.05) is 18.2 Å². The summed E-state index contributed by atoms with van der Waals surface area (Å²) < 4.78 is 52.0. The van der Waals surface area contributed by atoms with E-state index in [1.54, 1.807) is 18.2 Å². The molecule has 4 rings (SSSR count). The summed E-state index contributed by atoms with van der Waals surface area (Å²) in [5.41, 5.74) is 3.03. The SMILES string of the molecule is CN1CC(C(=O)NC(CO)C(C)(F)F)C=C2c3cccc4c3C(=CS4(=O)=O)CC21. The highest BCUT2D eigenvalue weighted by Crippen LogP contribution is 2.48. The fraction of sp³-hybridized carbons (Fsp3) is 0.450. The molecule has 3 aliphatic rings. The number of amides is 1. The minimum absolute atomic E-state index is 0.0948. The third-order valence-electron chi connectivity index (χ3n) is 5.88. The topological polar surface area (TPSA) is 86.7 Å². The van der Waals surface area contributed by atoms with Crippen molar-refractivity contribution in [2.24, 2.45) is 5.92 Å². The molecular weight excluding hydrogens is 402 g/mol. The third kappa shape index (κ3) is 3.31. The molecule has 29 heavy (non-hydrogen) atoms. The van der Waals surface area contributed by atoms with Gasteiger partial charge in [-0.25, -0.2) is 17.2 Å². The van der Waals surface area contributed by atoms with Gasteiger partial charge < -0.3 is 10.4 Å². The van der Waals surface area contributed by atoms with Crippen molar-refractivity contribution in [1.82, 2.24) is 10.2 Å². The minimum atomic E-state index is -3.47. The van der Waals surface area contributed by atoms with Crippen molar-refractivity contribution < 1.29 is 27.1 Å². The van der Waals surface area contributed by atoms with Gasteiger partial charge in [-0.2, -0.15) is 0 Å². The molecule has 0 saturated heterocycles. The van der Waals surface area contributed by atoms with Gasteiger partial charge in [0.25, 0.3) is 5.92 Å². The molecule has 1 amide bonds. The van der Waals surface area contributed by atoms with Crippen molar-refractivity contribution in [2.45, 2.75) is 36.2 Å². The van der Waals surface area contributed by atoms with Gasteiger partial charge in [-0.05, 0) is 36.2 Å². The monoisotopic (exact) mass is 424 g/mol. The summed E-state index contributed by atoms with van der Waals surface area (Å²) in [5, 5.41) is 12.8. The fourth-order valence-corrected chi connectivity index (χ4v) is 5.88. The van der Waals surface area contributed by atoms with E-state index in [0.717, 1.165) is 16.7 Å². The Balaban J connectivity index is 1.72. The lowest BCUT2D eigenvalue weighted by molar-refractivity contribution is -0.129. The largest absolute Gasteiger partial charge is 0.394 e. The van der Waals surface area contributed by atoms with E-state index in [1.807, 2.05) is 18.0 Å². The van der Waals surface area contributed by atoms with E-state index in [2.05, 4.69) is 5.32 Å². The van der Waals surface area contributed by atoms with Crippen LogP contribution in [0, 0.1) is 5.92 Å². The van der Waals surface area contributed by atoms with E-state index in [0.29, 0.717) is 25.5 Å². The second kappa shape index (κ2) is 6.72. The van der Waals surface area contributed by atoms with Gasteiger partial charge >= 0.3 is 0 Å². The highest BCUT2D eigenvalue weighted by Gasteiger charge is 2.42. The number of halogens is 2. The number of nitrogens with one attached hydrogen (secondary N) is 1. The number of alkyl halides is 2. The molecule has 0 aromatic heterocycles. The fourth-order valence-electron chi connectivity index (χ4n) is 4.37. The van der Waals surface area contributed by atoms with E-state index < -0.39 is 40.2 Å². The molecule has 156 valence electrons. The van der Waals surface area contributed by atoms with Crippen LogP contribution in [-0.4, -0.2) is 62.5 Å². The Morgan fingerprint density at radius 3 is 2.79 bits per heavy atom. The van der Waals surface area contributed by atoms with E-state index in [9.17, 15) is 27.1 Å². The summed E-state index contributed by atoms with van der Waals surface area (Å²) in [6.45, 7) is 0.0933. The van der Waals surface area contributed by atoms with Crippen LogP contribution in [0.15, 0.2) is 34.6 Å². The molecule has 0 fully saturated rings. The maximum Gasteiger partial charge on any atom is 0.267 e. The molecular formula is C20H22F2N2O4S. The van der Waals surface area contributed by atoms with Crippen LogP contribution in [-0.2, 0) is 14.6 Å². The smallest absolute Gasteiger partial charge is 0.267 e. The molecule has 2 N–H and O–H groups in total. The third-order valence-corrected chi connectivity index (χ3v) is 7.43. The van der Waals surface area contributed by atoms with Crippen LogP contribution in [0.25, 0.3) is 11.1 Å². The zero-order valence-electron chi connectivity index (χ0n) is 16.0. The lowest BCUT2D eigenvalue weighted by Gasteiger charge is -2.41. The van der Waals surface area contributed by atoms with Crippen LogP contribution in [0.5, 0.6) is 0 Å². The van der Waals surface area contributed by atoms with Crippen LogP contribution >= 0.6 is 0 Å². The first kappa shape index (κ1) is 20.2. The number of benzene rings is 1. The summed E-state index contributed by atoms with van der Waals surface area (Å²) in [7, 11) is -1.65. The Morgan fingerprint density at radius 2 is 2.14 bits per heavy atom. The minimum Gasteiger partial charge on any atom is -0.394 e. The van der Waals surface area contributed by atoms with Gasteiger partial charge in [0.15, 0.2) is 0 Å². The number of carbonyl (C=O) groups excluding carboxylic acids is 1. The average Bonchev–Trinajstić information content (AvgIpc) is 2.90. The van der Waals surface area contributed by atoms with Crippen molar-refractivity contribution in [3.05, 3.63) is 40.8 Å². The van der Waals surface area contributed by atoms with Crippen molar-refractivity contribution in [1.29, 1.82) is 0 Å². The summed E-state index contributed by atoms with van der Waals surface area (Å²) in [4.78, 5) is 14.9. The average molecular weight is 424 g/mol. The summed E-state index contributed by atoms with van der Waals surface area (Å²) >= 11 is 0. The highest BCUT2D eigenvalue weighted by molar-refractivity contribution is 7.95. The van der Waals surface area contributed by atoms with Gasteiger partial charge in [0.2, 0.25) is 15.7 Å². The lowest BCUT2D eigenvalue weighted by atomic mass is 9.77. The molecule has 3 atom stereocenters. The van der Waals surface area contributed by atoms with Crippen molar-refractivity contribution >= 4 is 26.9 Å². The lowest BCUT2D eigenvalue weighted by Crippen LogP contribution is -2.53. The van der Waals surface area contributed by atoms with E-state index in [-0.39, 0.29) is 10.9 Å². The van der Waals surface area contributed by atoms with Gasteiger partial charge in [-0.15, -0.1) is 0 Å². The quantitative estimate of drug-likeness (QED) is 0.768. The molecule has 0 spiro atoms. The standard InChI is InChI=1S/C20H22F2N2O4S/c1-20(21,22)17(9-25)23-19(26)11-6-14-13-4-3-5-16-18(13)12(10-29(16,27)28)7-15(14)24(2)8-11/h3-6,10-11,15,17,25H,7-9H2,1-2H3,(H,23,26). The zero-order valence-corrected chi connectivity index (χ0v) is 16.8. The number of aliphatic hydroxyl groups is 1. The number of hydrogen-bond donors (Lipinski definition) is 2. The second-order valence-corrected chi connectivity index (χ2v) is 9.72. The summed E-state index contributed by atoms with van der Waals surface area (Å²) in [5.74, 6) is -4.54. The highest BCUT2D eigenvalue weighted by atomic mass is 32.2. The first-order chi connectivity index (χ1) is 13.5. The van der Waals surface area contributed by atoms with Crippen molar-refractivity contribution in [3.8, 4) is 0 Å². The Hall–Kier alpha value is -2.10. The van der Waals surface area contributed by atoms with E-state index >= 15 is 0 Å². The van der Waals surface area contributed by atoms with Crippen LogP contribution < -0.4 is 5.32 Å². The number of fused-ring (bicyclic) bond motifs is 2. The van der Waals surface area contributed by atoms with Crippen LogP contribution in [0.2, 0.25) is 0 Å². The number of carbonyl (C=O) groups is 1. The van der Waals surface area contributed by atoms with Gasteiger partial charge in [0, 0.05) is 30.5 Å². The maximum atomic E-state index is 13.6. The normalized spacial score (nSPS) is 26.1. The molecule has 9 heteroatoms. The number of aliphatic hydroxyl groups excluding tert-OH is 1. The Morgan fingerprint density at radius 1 is 1.41 bits per heavy atom. The van der Waals surface area contributed by atoms with Gasteiger partial charge in [0.05, 0.1) is 17.4 Å². The predicted molar refractivity (Wildman–Crippen MR) is 104 cm³/mol. The van der Waals surface area contributed by atoms with Crippen molar-refractivity contribution in [2.75, 3.05) is 20.2 Å². The van der Waals surface area contributed by atoms with Crippen LogP contribution in [0.1, 0.15) is 24.5 Å². The maximum absolute atomic E-state index is 13.6. The Labute approximate surface area is 167 Å². The first-order valence-corrected chi connectivity index (χ1v) is 10.9. The van der Waals surface area contributed by atoms with Crippen molar-refractivity contribution in [3.63, 3.8) is 0 Å². The molecule has 0 radical (unpaired) electrons. The number of likely N-dealkylation sites (N-methyl/N-ethyl adjacent to an activating group) is 1.